The lowest BCUT2D eigenvalue weighted by molar-refractivity contribution is -0.141. The first-order chi connectivity index (χ1) is 8.97. The number of hydrogen-bond acceptors (Lipinski definition) is 6. The van der Waals surface area contributed by atoms with Crippen LogP contribution in [0, 0.1) is 0 Å². The third-order valence-electron chi connectivity index (χ3n) is 2.13. The fraction of sp³-hybridized carbons (Fsp3) is 0.833. The van der Waals surface area contributed by atoms with E-state index in [1.165, 1.54) is 18.9 Å². The van der Waals surface area contributed by atoms with E-state index in [-0.39, 0.29) is 17.8 Å². The van der Waals surface area contributed by atoms with E-state index in [0.29, 0.717) is 18.9 Å². The summed E-state index contributed by atoms with van der Waals surface area (Å²) in [5, 5.41) is 2.78. The van der Waals surface area contributed by atoms with E-state index in [1.807, 2.05) is 13.8 Å². The van der Waals surface area contributed by atoms with Crippen LogP contribution in [-0.4, -0.2) is 55.8 Å². The molecule has 0 aromatic carbocycles. The number of methoxy groups -OCH3 is 1. The van der Waals surface area contributed by atoms with E-state index < -0.39 is 12.0 Å². The summed E-state index contributed by atoms with van der Waals surface area (Å²) in [6, 6.07) is -0.678. The fourth-order valence-electron chi connectivity index (χ4n) is 1.17. The Bertz CT molecular complexity index is 274. The van der Waals surface area contributed by atoms with Crippen molar-refractivity contribution in [2.75, 3.05) is 31.8 Å². The molecule has 1 unspecified atom stereocenters. The molecule has 0 bridgehead atoms. The summed E-state index contributed by atoms with van der Waals surface area (Å²) in [6.07, 6.45) is 1.00. The molecule has 0 aliphatic heterocycles. The zero-order valence-electron chi connectivity index (χ0n) is 11.8. The molecule has 0 fully saturated rings. The summed E-state index contributed by atoms with van der Waals surface area (Å²) < 4.78 is 9.84. The largest absolute Gasteiger partial charge is 0.468 e. The fourth-order valence-corrected chi connectivity index (χ4v) is 1.96. The Balaban J connectivity index is 3.47. The number of esters is 1. The van der Waals surface area contributed by atoms with Crippen molar-refractivity contribution in [3.05, 3.63) is 0 Å². The van der Waals surface area contributed by atoms with Gasteiger partial charge >= 0.3 is 5.97 Å². The zero-order valence-corrected chi connectivity index (χ0v) is 12.6. The Kier molecular flexibility index (Phi) is 10.6. The van der Waals surface area contributed by atoms with Crippen LogP contribution in [0.4, 0.5) is 0 Å². The predicted octanol–water partition coefficient (Wildman–Crippen LogP) is 0.151. The minimum Gasteiger partial charge on any atom is -0.468 e. The number of nitrogens with two attached hydrogens (primary N) is 1. The maximum atomic E-state index is 11.4. The van der Waals surface area contributed by atoms with Crippen molar-refractivity contribution in [3.8, 4) is 0 Å². The molecular weight excluding hydrogens is 268 g/mol. The van der Waals surface area contributed by atoms with Crippen LogP contribution < -0.4 is 11.1 Å². The predicted molar refractivity (Wildman–Crippen MR) is 76.0 cm³/mol. The first-order valence-electron chi connectivity index (χ1n) is 6.26. The highest BCUT2D eigenvalue weighted by Crippen LogP contribution is 2.02. The first kappa shape index (κ1) is 18.2. The van der Waals surface area contributed by atoms with Crippen LogP contribution in [0.1, 0.15) is 20.3 Å². The van der Waals surface area contributed by atoms with Crippen LogP contribution in [-0.2, 0) is 19.1 Å². The quantitative estimate of drug-likeness (QED) is 0.440. The van der Waals surface area contributed by atoms with Gasteiger partial charge in [0.1, 0.15) is 6.04 Å². The highest BCUT2D eigenvalue weighted by Gasteiger charge is 2.13. The number of hydrogen-bond donors (Lipinski definition) is 2. The van der Waals surface area contributed by atoms with Crippen LogP contribution in [0.2, 0.25) is 0 Å². The van der Waals surface area contributed by atoms with Gasteiger partial charge in [-0.2, -0.15) is 0 Å². The van der Waals surface area contributed by atoms with Crippen LogP contribution in [0.15, 0.2) is 0 Å². The van der Waals surface area contributed by atoms with Gasteiger partial charge in [-0.25, -0.2) is 0 Å². The van der Waals surface area contributed by atoms with E-state index in [2.05, 4.69) is 10.1 Å². The Morgan fingerprint density at radius 1 is 1.37 bits per heavy atom. The second-order valence-electron chi connectivity index (χ2n) is 4.27. The summed E-state index contributed by atoms with van der Waals surface area (Å²) in [4.78, 5) is 22.4. The van der Waals surface area contributed by atoms with Crippen LogP contribution in [0.3, 0.4) is 0 Å². The van der Waals surface area contributed by atoms with Gasteiger partial charge in [0.25, 0.3) is 0 Å². The molecule has 0 aliphatic rings. The van der Waals surface area contributed by atoms with Crippen LogP contribution in [0.25, 0.3) is 0 Å². The van der Waals surface area contributed by atoms with Gasteiger partial charge in [-0.05, 0) is 20.3 Å². The molecule has 19 heavy (non-hydrogen) atoms. The van der Waals surface area contributed by atoms with Crippen molar-refractivity contribution >= 4 is 23.6 Å². The zero-order chi connectivity index (χ0) is 14.7. The van der Waals surface area contributed by atoms with Gasteiger partial charge in [0.05, 0.1) is 19.0 Å². The van der Waals surface area contributed by atoms with E-state index in [1.54, 1.807) is 0 Å². The Labute approximate surface area is 118 Å². The molecule has 0 rings (SSSR count). The summed E-state index contributed by atoms with van der Waals surface area (Å²) in [5.74, 6) is 0.136. The minimum absolute atomic E-state index is 0.0633. The third kappa shape index (κ3) is 10.8. The molecule has 112 valence electrons. The molecule has 1 atom stereocenters. The average molecular weight is 292 g/mol. The van der Waals surface area contributed by atoms with E-state index >= 15 is 0 Å². The monoisotopic (exact) mass is 292 g/mol. The number of nitrogens with one attached hydrogen (secondary N) is 1. The second kappa shape index (κ2) is 11.1. The molecule has 6 nitrogen and oxygen atoms in total. The van der Waals surface area contributed by atoms with Gasteiger partial charge in [-0.1, -0.05) is 0 Å². The van der Waals surface area contributed by atoms with Crippen molar-refractivity contribution in [2.45, 2.75) is 32.4 Å². The average Bonchev–Trinajstić information content (AvgIpc) is 2.36. The van der Waals surface area contributed by atoms with Crippen molar-refractivity contribution in [1.29, 1.82) is 0 Å². The smallest absolute Gasteiger partial charge is 0.323 e. The Morgan fingerprint density at radius 2 is 2.05 bits per heavy atom. The topological polar surface area (TPSA) is 90.7 Å². The van der Waals surface area contributed by atoms with Crippen LogP contribution in [0.5, 0.6) is 0 Å². The summed E-state index contributed by atoms with van der Waals surface area (Å²) in [6.45, 7) is 5.17. The first-order valence-corrected chi connectivity index (χ1v) is 7.42. The van der Waals surface area contributed by atoms with Gasteiger partial charge in [-0.3, -0.25) is 9.59 Å². The highest BCUT2D eigenvalue weighted by atomic mass is 32.2. The highest BCUT2D eigenvalue weighted by molar-refractivity contribution is 8.00. The molecule has 0 spiro atoms. The lowest BCUT2D eigenvalue weighted by Gasteiger charge is -2.09. The number of rotatable bonds is 10. The van der Waals surface area contributed by atoms with Gasteiger partial charge in [0, 0.05) is 18.9 Å². The second-order valence-corrected chi connectivity index (χ2v) is 5.30. The summed E-state index contributed by atoms with van der Waals surface area (Å²) in [7, 11) is 1.29. The molecule has 3 N–H and O–H groups in total. The maximum absolute atomic E-state index is 11.4. The maximum Gasteiger partial charge on any atom is 0.323 e. The molecule has 1 amide bonds. The minimum atomic E-state index is -0.678. The molecule has 0 heterocycles. The summed E-state index contributed by atoms with van der Waals surface area (Å²) >= 11 is 1.31. The molecular formula is C12H24N2O4S. The Hall–Kier alpha value is -0.790. The lowest BCUT2D eigenvalue weighted by atomic mass is 10.4. The SMILES string of the molecule is COC(=O)C(N)CSCC(=O)NCCCOC(C)C. The number of thioether (sulfide) groups is 1. The van der Waals surface area contributed by atoms with Crippen molar-refractivity contribution in [2.24, 2.45) is 5.73 Å². The third-order valence-corrected chi connectivity index (χ3v) is 3.19. The molecule has 0 aromatic rings. The number of carbonyl (C=O) groups is 2. The van der Waals surface area contributed by atoms with Crippen LogP contribution >= 0.6 is 11.8 Å². The summed E-state index contributed by atoms with van der Waals surface area (Å²) in [5.41, 5.74) is 5.54. The molecule has 7 heteroatoms. The van der Waals surface area contributed by atoms with E-state index in [4.69, 9.17) is 10.5 Å². The number of ether oxygens (including phenoxy) is 2. The van der Waals surface area contributed by atoms with E-state index in [9.17, 15) is 9.59 Å². The van der Waals surface area contributed by atoms with E-state index in [0.717, 1.165) is 6.42 Å². The van der Waals surface area contributed by atoms with Gasteiger partial charge in [0.15, 0.2) is 0 Å². The number of amides is 1. The van der Waals surface area contributed by atoms with Crippen molar-refractivity contribution in [3.63, 3.8) is 0 Å². The normalized spacial score (nSPS) is 12.3. The van der Waals surface area contributed by atoms with Gasteiger partial charge in [-0.15, -0.1) is 11.8 Å². The van der Waals surface area contributed by atoms with Crippen molar-refractivity contribution in [1.82, 2.24) is 5.32 Å². The van der Waals surface area contributed by atoms with Crippen molar-refractivity contribution < 1.29 is 19.1 Å². The lowest BCUT2D eigenvalue weighted by Crippen LogP contribution is -2.35. The standard InChI is InChI=1S/C12H24N2O4S/c1-9(2)18-6-4-5-14-11(15)8-19-7-10(13)12(16)17-3/h9-10H,4-8,13H2,1-3H3,(H,14,15). The molecule has 0 saturated carbocycles. The molecule has 0 radical (unpaired) electrons. The van der Waals surface area contributed by atoms with Gasteiger partial charge < -0.3 is 20.5 Å². The van der Waals surface area contributed by atoms with Gasteiger partial charge in [0.2, 0.25) is 5.91 Å². The molecule has 0 aromatic heterocycles. The molecule has 0 aliphatic carbocycles. The molecule has 0 saturated heterocycles. The number of carbonyl (C=O) groups excluding carboxylic acids is 2. The Morgan fingerprint density at radius 3 is 2.63 bits per heavy atom.